The van der Waals surface area contributed by atoms with Crippen LogP contribution in [0.15, 0.2) is 18.2 Å². The Morgan fingerprint density at radius 1 is 1.40 bits per heavy atom. The quantitative estimate of drug-likeness (QED) is 0.871. The number of nitrogens with one attached hydrogen (secondary N) is 2. The average Bonchev–Trinajstić information content (AvgIpc) is 2.36. The van der Waals surface area contributed by atoms with Gasteiger partial charge in [-0.2, -0.15) is 13.2 Å². The van der Waals surface area contributed by atoms with Crippen molar-refractivity contribution in [3.63, 3.8) is 0 Å². The molecule has 0 aromatic heterocycles. The Bertz CT molecular complexity index is 477. The molecule has 1 unspecified atom stereocenters. The Morgan fingerprint density at radius 2 is 2.05 bits per heavy atom. The molecule has 0 spiro atoms. The lowest BCUT2D eigenvalue weighted by Crippen LogP contribution is -2.36. The Balaban J connectivity index is 2.70. The predicted molar refractivity (Wildman–Crippen MR) is 72.8 cm³/mol. The predicted octanol–water partition coefficient (Wildman–Crippen LogP) is 3.69. The molecule has 2 N–H and O–H groups in total. The third-order valence-corrected chi connectivity index (χ3v) is 3.08. The molecule has 0 saturated heterocycles. The molecule has 0 bridgehead atoms. The Labute approximate surface area is 120 Å². The van der Waals surface area contributed by atoms with Crippen LogP contribution in [0.1, 0.15) is 25.8 Å². The third-order valence-electron chi connectivity index (χ3n) is 2.75. The summed E-state index contributed by atoms with van der Waals surface area (Å²) in [6.45, 7) is 3.63. The Morgan fingerprint density at radius 3 is 2.60 bits per heavy atom. The van der Waals surface area contributed by atoms with Gasteiger partial charge in [0.2, 0.25) is 5.91 Å². The standard InChI is InChI=1S/C13H16ClF3N2O/c1-3-8(2)19-12(20)7-18-11-6-9(13(15,16)17)4-5-10(11)14/h4-6,8,18H,3,7H2,1-2H3,(H,19,20). The lowest BCUT2D eigenvalue weighted by molar-refractivity contribution is -0.137. The van der Waals surface area contributed by atoms with Crippen LogP contribution < -0.4 is 10.6 Å². The molecule has 0 aliphatic carbocycles. The first-order valence-corrected chi connectivity index (χ1v) is 6.51. The van der Waals surface area contributed by atoms with Gasteiger partial charge in [0.25, 0.3) is 0 Å². The van der Waals surface area contributed by atoms with E-state index in [1.165, 1.54) is 0 Å². The van der Waals surface area contributed by atoms with Gasteiger partial charge in [0.1, 0.15) is 0 Å². The van der Waals surface area contributed by atoms with E-state index in [0.717, 1.165) is 24.6 Å². The summed E-state index contributed by atoms with van der Waals surface area (Å²) < 4.78 is 37.7. The molecule has 0 aliphatic heterocycles. The molecule has 3 nitrogen and oxygen atoms in total. The fourth-order valence-corrected chi connectivity index (χ4v) is 1.62. The van der Waals surface area contributed by atoms with Crippen LogP contribution in [-0.2, 0) is 11.0 Å². The van der Waals surface area contributed by atoms with Gasteiger partial charge in [0, 0.05) is 6.04 Å². The van der Waals surface area contributed by atoms with Crippen molar-refractivity contribution >= 4 is 23.2 Å². The summed E-state index contributed by atoms with van der Waals surface area (Å²) in [6.07, 6.45) is -3.67. The fourth-order valence-electron chi connectivity index (χ4n) is 1.44. The highest BCUT2D eigenvalue weighted by atomic mass is 35.5. The van der Waals surface area contributed by atoms with E-state index >= 15 is 0 Å². The summed E-state index contributed by atoms with van der Waals surface area (Å²) in [6, 6.07) is 2.95. The highest BCUT2D eigenvalue weighted by molar-refractivity contribution is 6.33. The topological polar surface area (TPSA) is 41.1 Å². The van der Waals surface area contributed by atoms with E-state index < -0.39 is 11.7 Å². The number of alkyl halides is 3. The van der Waals surface area contributed by atoms with Crippen molar-refractivity contribution in [3.05, 3.63) is 28.8 Å². The first-order valence-electron chi connectivity index (χ1n) is 6.14. The zero-order valence-electron chi connectivity index (χ0n) is 11.1. The van der Waals surface area contributed by atoms with Gasteiger partial charge >= 0.3 is 6.18 Å². The minimum Gasteiger partial charge on any atom is -0.375 e. The van der Waals surface area contributed by atoms with Crippen LogP contribution in [0.2, 0.25) is 5.02 Å². The molecule has 1 rings (SSSR count). The first kappa shape index (κ1) is 16.6. The SMILES string of the molecule is CCC(C)NC(=O)CNc1cc(C(F)(F)F)ccc1Cl. The maximum Gasteiger partial charge on any atom is 0.416 e. The molecular formula is C13H16ClF3N2O. The van der Waals surface area contributed by atoms with Crippen LogP contribution in [0.5, 0.6) is 0 Å². The number of rotatable bonds is 5. The summed E-state index contributed by atoms with van der Waals surface area (Å²) >= 11 is 5.80. The molecule has 7 heteroatoms. The molecule has 1 aromatic carbocycles. The average molecular weight is 309 g/mol. The summed E-state index contributed by atoms with van der Waals surface area (Å²) in [4.78, 5) is 11.5. The van der Waals surface area contributed by atoms with Crippen molar-refractivity contribution in [2.45, 2.75) is 32.5 Å². The molecule has 112 valence electrons. The minimum atomic E-state index is -4.44. The monoisotopic (exact) mass is 308 g/mol. The molecular weight excluding hydrogens is 293 g/mol. The van der Waals surface area contributed by atoms with Gasteiger partial charge in [0.15, 0.2) is 0 Å². The van der Waals surface area contributed by atoms with Gasteiger partial charge in [-0.1, -0.05) is 18.5 Å². The second kappa shape index (κ2) is 6.83. The third kappa shape index (κ3) is 4.92. The van der Waals surface area contributed by atoms with Crippen LogP contribution in [0.4, 0.5) is 18.9 Å². The van der Waals surface area contributed by atoms with Crippen LogP contribution in [0.3, 0.4) is 0 Å². The largest absolute Gasteiger partial charge is 0.416 e. The molecule has 0 radical (unpaired) electrons. The van der Waals surface area contributed by atoms with Crippen LogP contribution in [-0.4, -0.2) is 18.5 Å². The van der Waals surface area contributed by atoms with Gasteiger partial charge in [-0.05, 0) is 31.5 Å². The zero-order chi connectivity index (χ0) is 15.3. The van der Waals surface area contributed by atoms with Crippen LogP contribution in [0, 0.1) is 0 Å². The number of carbonyl (C=O) groups excluding carboxylic acids is 1. The number of hydrogen-bond acceptors (Lipinski definition) is 2. The van der Waals surface area contributed by atoms with Gasteiger partial charge < -0.3 is 10.6 Å². The van der Waals surface area contributed by atoms with Crippen molar-refractivity contribution in [2.75, 3.05) is 11.9 Å². The summed E-state index contributed by atoms with van der Waals surface area (Å²) in [5.74, 6) is -0.298. The van der Waals surface area contributed by atoms with E-state index in [1.54, 1.807) is 0 Å². The summed E-state index contributed by atoms with van der Waals surface area (Å²) in [5.41, 5.74) is -0.729. The minimum absolute atomic E-state index is 0.0151. The number of benzene rings is 1. The number of hydrogen-bond donors (Lipinski definition) is 2. The van der Waals surface area contributed by atoms with E-state index in [0.29, 0.717) is 0 Å². The normalized spacial score (nSPS) is 12.9. The molecule has 0 fully saturated rings. The van der Waals surface area contributed by atoms with Crippen molar-refractivity contribution in [1.82, 2.24) is 5.32 Å². The van der Waals surface area contributed by atoms with Crippen LogP contribution in [0.25, 0.3) is 0 Å². The zero-order valence-corrected chi connectivity index (χ0v) is 11.9. The number of amides is 1. The van der Waals surface area contributed by atoms with Crippen molar-refractivity contribution in [3.8, 4) is 0 Å². The smallest absolute Gasteiger partial charge is 0.375 e. The Hall–Kier alpha value is -1.43. The molecule has 0 aliphatic rings. The molecule has 1 amide bonds. The maximum absolute atomic E-state index is 12.6. The lowest BCUT2D eigenvalue weighted by atomic mass is 10.2. The number of carbonyl (C=O) groups is 1. The van der Waals surface area contributed by atoms with Crippen LogP contribution >= 0.6 is 11.6 Å². The van der Waals surface area contributed by atoms with Crippen molar-refractivity contribution in [1.29, 1.82) is 0 Å². The lowest BCUT2D eigenvalue weighted by Gasteiger charge is -2.14. The first-order chi connectivity index (χ1) is 9.24. The summed E-state index contributed by atoms with van der Waals surface area (Å²) in [7, 11) is 0. The second-order valence-corrected chi connectivity index (χ2v) is 4.83. The van der Waals surface area contributed by atoms with Crippen molar-refractivity contribution in [2.24, 2.45) is 0 Å². The molecule has 1 atom stereocenters. The Kier molecular flexibility index (Phi) is 5.68. The van der Waals surface area contributed by atoms with E-state index in [1.807, 2.05) is 13.8 Å². The van der Waals surface area contributed by atoms with Gasteiger partial charge in [-0.15, -0.1) is 0 Å². The van der Waals surface area contributed by atoms with E-state index in [4.69, 9.17) is 11.6 Å². The molecule has 0 heterocycles. The highest BCUT2D eigenvalue weighted by Crippen LogP contribution is 2.33. The van der Waals surface area contributed by atoms with Gasteiger partial charge in [-0.3, -0.25) is 4.79 Å². The van der Waals surface area contributed by atoms with Gasteiger partial charge in [0.05, 0.1) is 22.8 Å². The second-order valence-electron chi connectivity index (χ2n) is 4.42. The fraction of sp³-hybridized carbons (Fsp3) is 0.462. The number of anilines is 1. The molecule has 0 saturated carbocycles. The van der Waals surface area contributed by atoms with E-state index in [2.05, 4.69) is 10.6 Å². The molecule has 1 aromatic rings. The molecule has 20 heavy (non-hydrogen) atoms. The van der Waals surface area contributed by atoms with Crippen molar-refractivity contribution < 1.29 is 18.0 Å². The number of halogens is 4. The highest BCUT2D eigenvalue weighted by Gasteiger charge is 2.30. The van der Waals surface area contributed by atoms with E-state index in [-0.39, 0.29) is 29.2 Å². The van der Waals surface area contributed by atoms with Gasteiger partial charge in [-0.25, -0.2) is 0 Å². The van der Waals surface area contributed by atoms with E-state index in [9.17, 15) is 18.0 Å². The summed E-state index contributed by atoms with van der Waals surface area (Å²) in [5, 5.41) is 5.44. The maximum atomic E-state index is 12.6.